The lowest BCUT2D eigenvalue weighted by Gasteiger charge is -2.58. The number of ketones is 1. The first kappa shape index (κ1) is 21.8. The molecule has 1 N–H and O–H groups in total. The third-order valence-corrected chi connectivity index (χ3v) is 12.1. The van der Waals surface area contributed by atoms with Gasteiger partial charge in [-0.1, -0.05) is 19.4 Å². The Morgan fingerprint density at radius 3 is 2.59 bits per heavy atom. The SMILES string of the molecule is CC1=C(C)C(=O)O[C@@H]([C@@H](C)[C@@]23O[C@@H]2C[C@H]2[C@@H]4C[C@H]5O[C@]56[C@@H](O)C=CC(=O)[C@]6(C)C4CCC23C)C1. The van der Waals surface area contributed by atoms with Gasteiger partial charge in [-0.15, -0.1) is 0 Å². The molecule has 4 aliphatic carbocycles. The first-order valence-electron chi connectivity index (χ1n) is 13.2. The van der Waals surface area contributed by atoms with Crippen LogP contribution in [0.5, 0.6) is 0 Å². The third kappa shape index (κ3) is 2.13. The molecule has 0 aromatic carbocycles. The van der Waals surface area contributed by atoms with Crippen LogP contribution in [0.3, 0.4) is 0 Å². The number of ether oxygens (including phenoxy) is 3. The molecule has 0 aromatic rings. The number of cyclic esters (lactones) is 1. The van der Waals surface area contributed by atoms with Crippen molar-refractivity contribution in [1.82, 2.24) is 0 Å². The summed E-state index contributed by atoms with van der Waals surface area (Å²) in [6.07, 6.45) is 7.12. The molecule has 0 bridgehead atoms. The van der Waals surface area contributed by atoms with Crippen molar-refractivity contribution < 1.29 is 28.9 Å². The van der Waals surface area contributed by atoms with Crippen LogP contribution in [-0.4, -0.2) is 52.5 Å². The first-order chi connectivity index (χ1) is 16.0. The smallest absolute Gasteiger partial charge is 0.333 e. The summed E-state index contributed by atoms with van der Waals surface area (Å²) in [6.45, 7) is 10.6. The van der Waals surface area contributed by atoms with Gasteiger partial charge in [0.25, 0.3) is 0 Å². The first-order valence-corrected chi connectivity index (χ1v) is 13.2. The predicted molar refractivity (Wildman–Crippen MR) is 123 cm³/mol. The lowest BCUT2D eigenvalue weighted by Crippen LogP contribution is -2.64. The van der Waals surface area contributed by atoms with Gasteiger partial charge < -0.3 is 19.3 Å². The summed E-state index contributed by atoms with van der Waals surface area (Å²) >= 11 is 0. The molecule has 3 aliphatic heterocycles. The molecule has 0 amide bonds. The highest BCUT2D eigenvalue weighted by Crippen LogP contribution is 2.78. The third-order valence-electron chi connectivity index (χ3n) is 12.1. The van der Waals surface area contributed by atoms with E-state index in [2.05, 4.69) is 20.8 Å². The van der Waals surface area contributed by atoms with Crippen LogP contribution in [0.15, 0.2) is 23.3 Å². The number of aliphatic hydroxyl groups is 1. The molecule has 0 radical (unpaired) electrons. The van der Waals surface area contributed by atoms with E-state index in [-0.39, 0.29) is 52.9 Å². The number of aliphatic hydroxyl groups excluding tert-OH is 1. The topological polar surface area (TPSA) is 88.7 Å². The molecule has 7 rings (SSSR count). The van der Waals surface area contributed by atoms with Gasteiger partial charge >= 0.3 is 5.97 Å². The zero-order chi connectivity index (χ0) is 24.0. The van der Waals surface area contributed by atoms with Crippen molar-refractivity contribution in [2.24, 2.45) is 34.5 Å². The van der Waals surface area contributed by atoms with E-state index in [1.165, 1.54) is 0 Å². The molecule has 6 heteroatoms. The van der Waals surface area contributed by atoms with Gasteiger partial charge in [-0.05, 0) is 76.4 Å². The minimum atomic E-state index is -0.727. The second-order valence-corrected chi connectivity index (χ2v) is 12.8. The van der Waals surface area contributed by atoms with Crippen LogP contribution in [-0.2, 0) is 23.8 Å². The fourth-order valence-electron chi connectivity index (χ4n) is 9.96. The van der Waals surface area contributed by atoms with Gasteiger partial charge in [-0.3, -0.25) is 4.79 Å². The maximum Gasteiger partial charge on any atom is 0.333 e. The Labute approximate surface area is 201 Å². The van der Waals surface area contributed by atoms with Crippen molar-refractivity contribution in [2.75, 3.05) is 0 Å². The molecule has 3 heterocycles. The zero-order valence-electron chi connectivity index (χ0n) is 20.8. The fourth-order valence-corrected chi connectivity index (χ4v) is 9.96. The fraction of sp³-hybridized carbons (Fsp3) is 0.786. The number of esters is 1. The molecule has 7 aliphatic rings. The Kier molecular flexibility index (Phi) is 4.00. The minimum Gasteiger partial charge on any atom is -0.458 e. The van der Waals surface area contributed by atoms with E-state index in [0.717, 1.165) is 43.3 Å². The molecule has 1 spiro atoms. The number of carbonyl (C=O) groups is 2. The standard InChI is InChI=1S/C28H36O6/c1-13-10-19(32-24(31)14(13)2)15(3)27-23(33-27)12-18-16-11-22-28(34-22)21(30)7-6-20(29)26(28,5)17(16)8-9-25(18,27)4/h6-7,15-19,21-23,30H,8-12H2,1-5H3/t15-,16-,17?,18+,19-,21+,22-,23-,25?,26+,27-,28-/m1/s1. The van der Waals surface area contributed by atoms with Gasteiger partial charge in [-0.25, -0.2) is 4.79 Å². The average molecular weight is 469 g/mol. The number of hydrogen-bond donors (Lipinski definition) is 1. The van der Waals surface area contributed by atoms with Crippen LogP contribution in [0.1, 0.15) is 66.7 Å². The summed E-state index contributed by atoms with van der Waals surface area (Å²) in [6, 6.07) is 0. The molecule has 2 saturated heterocycles. The predicted octanol–water partition coefficient (Wildman–Crippen LogP) is 3.51. The van der Waals surface area contributed by atoms with Crippen LogP contribution in [0.2, 0.25) is 0 Å². The summed E-state index contributed by atoms with van der Waals surface area (Å²) in [5.41, 5.74) is 0.174. The molecule has 5 fully saturated rings. The van der Waals surface area contributed by atoms with E-state index in [1.807, 2.05) is 13.8 Å². The molecular weight excluding hydrogens is 432 g/mol. The van der Waals surface area contributed by atoms with Crippen LogP contribution < -0.4 is 0 Å². The summed E-state index contributed by atoms with van der Waals surface area (Å²) in [7, 11) is 0. The van der Waals surface area contributed by atoms with E-state index in [4.69, 9.17) is 14.2 Å². The van der Waals surface area contributed by atoms with Crippen LogP contribution in [0.4, 0.5) is 0 Å². The van der Waals surface area contributed by atoms with Gasteiger partial charge in [0.05, 0.1) is 17.6 Å². The Morgan fingerprint density at radius 1 is 1.09 bits per heavy atom. The largest absolute Gasteiger partial charge is 0.458 e. The van der Waals surface area contributed by atoms with Gasteiger partial charge in [0, 0.05) is 23.3 Å². The number of epoxide rings is 2. The number of fused-ring (bicyclic) bond motifs is 6. The second kappa shape index (κ2) is 6.24. The van der Waals surface area contributed by atoms with E-state index in [1.54, 1.807) is 12.2 Å². The Bertz CT molecular complexity index is 1080. The lowest BCUT2D eigenvalue weighted by molar-refractivity contribution is -0.162. The molecule has 0 aromatic heterocycles. The van der Waals surface area contributed by atoms with E-state index < -0.39 is 17.1 Å². The van der Waals surface area contributed by atoms with Crippen molar-refractivity contribution in [3.63, 3.8) is 0 Å². The van der Waals surface area contributed by atoms with Gasteiger partial charge in [0.1, 0.15) is 23.4 Å². The molecule has 3 saturated carbocycles. The van der Waals surface area contributed by atoms with E-state index in [0.29, 0.717) is 11.8 Å². The highest BCUT2D eigenvalue weighted by Gasteiger charge is 2.84. The molecule has 34 heavy (non-hydrogen) atoms. The Hall–Kier alpha value is -1.50. The van der Waals surface area contributed by atoms with E-state index >= 15 is 0 Å². The molecule has 6 nitrogen and oxygen atoms in total. The van der Waals surface area contributed by atoms with Gasteiger partial charge in [0.15, 0.2) is 5.78 Å². The highest BCUT2D eigenvalue weighted by molar-refractivity contribution is 5.98. The normalized spacial score (nSPS) is 57.6. The van der Waals surface area contributed by atoms with Crippen molar-refractivity contribution in [3.8, 4) is 0 Å². The summed E-state index contributed by atoms with van der Waals surface area (Å²) in [5.74, 6) is 1.08. The molecule has 12 atom stereocenters. The van der Waals surface area contributed by atoms with Crippen molar-refractivity contribution in [3.05, 3.63) is 23.3 Å². The lowest BCUT2D eigenvalue weighted by atomic mass is 9.44. The monoisotopic (exact) mass is 468 g/mol. The van der Waals surface area contributed by atoms with Crippen molar-refractivity contribution in [2.45, 2.75) is 102 Å². The molecule has 2 unspecified atom stereocenters. The summed E-state index contributed by atoms with van der Waals surface area (Å²) in [4.78, 5) is 25.8. The number of rotatable bonds is 2. The zero-order valence-corrected chi connectivity index (χ0v) is 20.8. The Balaban J connectivity index is 1.22. The summed E-state index contributed by atoms with van der Waals surface area (Å²) < 4.78 is 18.7. The minimum absolute atomic E-state index is 0.0216. The summed E-state index contributed by atoms with van der Waals surface area (Å²) in [5, 5.41) is 10.9. The van der Waals surface area contributed by atoms with Crippen LogP contribution >= 0.6 is 0 Å². The van der Waals surface area contributed by atoms with Crippen LogP contribution in [0.25, 0.3) is 0 Å². The van der Waals surface area contributed by atoms with E-state index in [9.17, 15) is 14.7 Å². The van der Waals surface area contributed by atoms with Gasteiger partial charge in [-0.2, -0.15) is 0 Å². The number of carbonyl (C=O) groups excluding carboxylic acids is 2. The molecular formula is C28H36O6. The van der Waals surface area contributed by atoms with Crippen molar-refractivity contribution in [1.29, 1.82) is 0 Å². The second-order valence-electron chi connectivity index (χ2n) is 12.8. The average Bonchev–Trinajstić information content (AvgIpc) is 3.69. The highest BCUT2D eigenvalue weighted by atomic mass is 16.6. The van der Waals surface area contributed by atoms with Crippen molar-refractivity contribution >= 4 is 11.8 Å². The maximum atomic E-state index is 13.3. The van der Waals surface area contributed by atoms with Crippen LogP contribution in [0, 0.1) is 34.5 Å². The number of hydrogen-bond acceptors (Lipinski definition) is 6. The number of allylic oxidation sites excluding steroid dienone is 1. The Morgan fingerprint density at radius 2 is 1.85 bits per heavy atom. The quantitative estimate of drug-likeness (QED) is 0.493. The van der Waals surface area contributed by atoms with Gasteiger partial charge in [0.2, 0.25) is 0 Å². The molecule has 184 valence electrons. The maximum absolute atomic E-state index is 13.3.